The number of hydrogen-bond acceptors (Lipinski definition) is 4. The number of benzene rings is 3. The Bertz CT molecular complexity index is 1230. The van der Waals surface area contributed by atoms with Crippen LogP contribution in [0.4, 0.5) is 10.5 Å². The number of urea groups is 1. The molecule has 7 heteroatoms. The molecule has 0 saturated carbocycles. The van der Waals surface area contributed by atoms with E-state index in [1.54, 1.807) is 55.5 Å². The lowest BCUT2D eigenvalue weighted by Crippen LogP contribution is -2.54. The highest BCUT2D eigenvalue weighted by molar-refractivity contribution is 6.39. The zero-order valence-electron chi connectivity index (χ0n) is 17.2. The molecule has 1 heterocycles. The Hall–Kier alpha value is -3.90. The topological polar surface area (TPSA) is 75.7 Å². The van der Waals surface area contributed by atoms with Gasteiger partial charge < -0.3 is 4.74 Å². The van der Waals surface area contributed by atoms with Crippen LogP contribution in [0.25, 0.3) is 6.08 Å². The molecule has 0 unspecified atom stereocenters. The van der Waals surface area contributed by atoms with E-state index >= 15 is 0 Å². The number of ether oxygens (including phenoxy) is 1. The van der Waals surface area contributed by atoms with Crippen LogP contribution in [-0.2, 0) is 16.2 Å². The molecular formula is C25H19ClN2O4. The summed E-state index contributed by atoms with van der Waals surface area (Å²) in [6, 6.07) is 20.6. The van der Waals surface area contributed by atoms with Crippen molar-refractivity contribution in [2.75, 3.05) is 4.90 Å². The van der Waals surface area contributed by atoms with Crippen LogP contribution < -0.4 is 15.0 Å². The SMILES string of the molecule is Cc1ccccc1N1C(=O)NC(=O)/C(=C\c2ccc(OCc3cccc(Cl)c3)cc2)C1=O. The number of rotatable bonds is 5. The summed E-state index contributed by atoms with van der Waals surface area (Å²) >= 11 is 5.98. The molecule has 1 fully saturated rings. The van der Waals surface area contributed by atoms with Gasteiger partial charge in [0.2, 0.25) is 0 Å². The number of amides is 4. The Balaban J connectivity index is 1.53. The molecule has 1 aliphatic rings. The predicted octanol–water partition coefficient (Wildman–Crippen LogP) is 4.89. The van der Waals surface area contributed by atoms with Crippen LogP contribution in [0.3, 0.4) is 0 Å². The number of anilines is 1. The van der Waals surface area contributed by atoms with Gasteiger partial charge in [-0.25, -0.2) is 9.69 Å². The average molecular weight is 447 g/mol. The van der Waals surface area contributed by atoms with Crippen molar-refractivity contribution in [1.82, 2.24) is 5.32 Å². The van der Waals surface area contributed by atoms with Gasteiger partial charge in [-0.05, 0) is 60.0 Å². The molecule has 4 rings (SSSR count). The van der Waals surface area contributed by atoms with Gasteiger partial charge in [-0.2, -0.15) is 0 Å². The van der Waals surface area contributed by atoms with Crippen molar-refractivity contribution in [2.45, 2.75) is 13.5 Å². The van der Waals surface area contributed by atoms with E-state index < -0.39 is 17.8 Å². The summed E-state index contributed by atoms with van der Waals surface area (Å²) in [5, 5.41) is 2.87. The first-order valence-corrected chi connectivity index (χ1v) is 10.2. The maximum atomic E-state index is 13.0. The molecule has 0 atom stereocenters. The summed E-state index contributed by atoms with van der Waals surface area (Å²) < 4.78 is 5.76. The molecule has 0 aromatic heterocycles. The molecule has 160 valence electrons. The predicted molar refractivity (Wildman–Crippen MR) is 122 cm³/mol. The number of nitrogens with one attached hydrogen (secondary N) is 1. The summed E-state index contributed by atoms with van der Waals surface area (Å²) in [6.45, 7) is 2.15. The van der Waals surface area contributed by atoms with E-state index in [2.05, 4.69) is 5.32 Å². The van der Waals surface area contributed by atoms with Crippen molar-refractivity contribution < 1.29 is 19.1 Å². The van der Waals surface area contributed by atoms with E-state index in [9.17, 15) is 14.4 Å². The summed E-state index contributed by atoms with van der Waals surface area (Å²) in [4.78, 5) is 38.7. The number of nitrogens with zero attached hydrogens (tertiary/aromatic N) is 1. The summed E-state index contributed by atoms with van der Waals surface area (Å²) in [5.74, 6) is -0.774. The summed E-state index contributed by atoms with van der Waals surface area (Å²) in [5.41, 5.74) is 2.61. The second kappa shape index (κ2) is 9.08. The fourth-order valence-corrected chi connectivity index (χ4v) is 3.52. The first-order chi connectivity index (χ1) is 15.4. The van der Waals surface area contributed by atoms with Gasteiger partial charge in [-0.1, -0.05) is 54.1 Å². The number of para-hydroxylation sites is 1. The monoisotopic (exact) mass is 446 g/mol. The van der Waals surface area contributed by atoms with Crippen molar-refractivity contribution in [2.24, 2.45) is 0 Å². The van der Waals surface area contributed by atoms with Gasteiger partial charge in [0.15, 0.2) is 0 Å². The van der Waals surface area contributed by atoms with E-state index in [0.29, 0.717) is 28.6 Å². The second-order valence-corrected chi connectivity index (χ2v) is 7.67. The third-order valence-electron chi connectivity index (χ3n) is 4.94. The van der Waals surface area contributed by atoms with E-state index in [0.717, 1.165) is 16.0 Å². The van der Waals surface area contributed by atoms with Crippen molar-refractivity contribution >= 4 is 41.2 Å². The molecule has 4 amide bonds. The molecule has 1 saturated heterocycles. The normalized spacial score (nSPS) is 15.1. The Morgan fingerprint density at radius 3 is 2.44 bits per heavy atom. The number of hydrogen-bond donors (Lipinski definition) is 1. The smallest absolute Gasteiger partial charge is 0.335 e. The van der Waals surface area contributed by atoms with Crippen LogP contribution in [-0.4, -0.2) is 17.8 Å². The van der Waals surface area contributed by atoms with E-state index in [1.807, 2.05) is 24.3 Å². The number of halogens is 1. The molecule has 1 aliphatic heterocycles. The van der Waals surface area contributed by atoms with Gasteiger partial charge in [0.1, 0.15) is 17.9 Å². The molecule has 3 aromatic carbocycles. The maximum absolute atomic E-state index is 13.0. The summed E-state index contributed by atoms with van der Waals surface area (Å²) in [6.07, 6.45) is 1.45. The molecule has 32 heavy (non-hydrogen) atoms. The van der Waals surface area contributed by atoms with E-state index in [4.69, 9.17) is 16.3 Å². The van der Waals surface area contributed by atoms with Crippen LogP contribution in [0.5, 0.6) is 5.75 Å². The minimum atomic E-state index is -0.767. The first kappa shape index (κ1) is 21.3. The highest BCUT2D eigenvalue weighted by atomic mass is 35.5. The maximum Gasteiger partial charge on any atom is 0.335 e. The number of carbonyl (C=O) groups excluding carboxylic acids is 3. The van der Waals surface area contributed by atoms with Gasteiger partial charge in [0.05, 0.1) is 5.69 Å². The summed E-state index contributed by atoms with van der Waals surface area (Å²) in [7, 11) is 0. The van der Waals surface area contributed by atoms with Crippen LogP contribution in [0.15, 0.2) is 78.4 Å². The third-order valence-corrected chi connectivity index (χ3v) is 5.18. The van der Waals surface area contributed by atoms with Crippen molar-refractivity contribution in [3.8, 4) is 5.75 Å². The molecular weight excluding hydrogens is 428 g/mol. The zero-order chi connectivity index (χ0) is 22.7. The number of carbonyl (C=O) groups is 3. The van der Waals surface area contributed by atoms with Gasteiger partial charge in [-0.15, -0.1) is 0 Å². The quantitative estimate of drug-likeness (QED) is 0.447. The molecule has 0 radical (unpaired) electrons. The Morgan fingerprint density at radius 1 is 0.969 bits per heavy atom. The lowest BCUT2D eigenvalue weighted by atomic mass is 10.1. The lowest BCUT2D eigenvalue weighted by molar-refractivity contribution is -0.122. The Kier molecular flexibility index (Phi) is 6.05. The van der Waals surface area contributed by atoms with Crippen LogP contribution in [0.2, 0.25) is 5.02 Å². The molecule has 1 N–H and O–H groups in total. The molecule has 6 nitrogen and oxygen atoms in total. The number of barbiturate groups is 1. The largest absolute Gasteiger partial charge is 0.489 e. The number of imide groups is 2. The van der Waals surface area contributed by atoms with Crippen LogP contribution in [0, 0.1) is 6.92 Å². The van der Waals surface area contributed by atoms with Crippen LogP contribution in [0.1, 0.15) is 16.7 Å². The van der Waals surface area contributed by atoms with Gasteiger partial charge in [0, 0.05) is 5.02 Å². The Morgan fingerprint density at radius 2 is 1.72 bits per heavy atom. The van der Waals surface area contributed by atoms with Gasteiger partial charge in [-0.3, -0.25) is 14.9 Å². The third kappa shape index (κ3) is 4.55. The van der Waals surface area contributed by atoms with Gasteiger partial charge >= 0.3 is 6.03 Å². The number of aryl methyl sites for hydroxylation is 1. The highest BCUT2D eigenvalue weighted by Crippen LogP contribution is 2.25. The zero-order valence-corrected chi connectivity index (χ0v) is 17.9. The molecule has 0 spiro atoms. The molecule has 0 bridgehead atoms. The average Bonchev–Trinajstić information content (AvgIpc) is 2.77. The van der Waals surface area contributed by atoms with Crippen molar-refractivity contribution in [3.05, 3.63) is 100 Å². The Labute approximate surface area is 190 Å². The molecule has 3 aromatic rings. The van der Waals surface area contributed by atoms with E-state index in [1.165, 1.54) is 6.08 Å². The van der Waals surface area contributed by atoms with Gasteiger partial charge in [0.25, 0.3) is 11.8 Å². The fraction of sp³-hybridized carbons (Fsp3) is 0.0800. The van der Waals surface area contributed by atoms with E-state index in [-0.39, 0.29) is 5.57 Å². The van der Waals surface area contributed by atoms with Crippen molar-refractivity contribution in [3.63, 3.8) is 0 Å². The standard InChI is InChI=1S/C25H19ClN2O4/c1-16-5-2-3-8-22(16)28-24(30)21(23(29)27-25(28)31)14-17-9-11-20(12-10-17)32-15-18-6-4-7-19(26)13-18/h2-14H,15H2,1H3,(H,27,29,31)/b21-14+. The van der Waals surface area contributed by atoms with Crippen molar-refractivity contribution in [1.29, 1.82) is 0 Å². The first-order valence-electron chi connectivity index (χ1n) is 9.87. The highest BCUT2D eigenvalue weighted by Gasteiger charge is 2.37. The minimum absolute atomic E-state index is 0.125. The molecule has 0 aliphatic carbocycles. The second-order valence-electron chi connectivity index (χ2n) is 7.23. The lowest BCUT2D eigenvalue weighted by Gasteiger charge is -2.27. The fourth-order valence-electron chi connectivity index (χ4n) is 3.31. The van der Waals surface area contributed by atoms with Crippen LogP contribution >= 0.6 is 11.6 Å². The minimum Gasteiger partial charge on any atom is -0.489 e.